The lowest BCUT2D eigenvalue weighted by molar-refractivity contribution is -0.116. The van der Waals surface area contributed by atoms with E-state index in [1.54, 1.807) is 12.5 Å². The van der Waals surface area contributed by atoms with E-state index in [1.807, 2.05) is 47.2 Å². The molecule has 0 bridgehead atoms. The number of aryl methyl sites for hydroxylation is 1. The molecule has 3 aromatic rings. The standard InChI is InChI=1S/C19H16ClN3O/c20-16-4-2-1-3-15(16)19(23-10-9-21-12-23)14-5-7-17-13(11-14)6-8-18(24)22-17/h1-5,7,9-12,19H,6,8H2,(H,22,24). The molecule has 1 amide bonds. The van der Waals surface area contributed by atoms with E-state index in [0.717, 1.165) is 33.8 Å². The summed E-state index contributed by atoms with van der Waals surface area (Å²) < 4.78 is 2.05. The Balaban J connectivity index is 1.83. The van der Waals surface area contributed by atoms with Crippen LogP contribution < -0.4 is 5.32 Å². The number of fused-ring (bicyclic) bond motifs is 1. The maximum Gasteiger partial charge on any atom is 0.224 e. The van der Waals surface area contributed by atoms with Gasteiger partial charge in [0.2, 0.25) is 5.91 Å². The molecule has 24 heavy (non-hydrogen) atoms. The zero-order valence-electron chi connectivity index (χ0n) is 12.9. The minimum atomic E-state index is -0.0517. The molecule has 5 heteroatoms. The van der Waals surface area contributed by atoms with Gasteiger partial charge in [-0.15, -0.1) is 0 Å². The van der Waals surface area contributed by atoms with Crippen molar-refractivity contribution >= 4 is 23.2 Å². The number of anilines is 1. The lowest BCUT2D eigenvalue weighted by atomic mass is 9.93. The van der Waals surface area contributed by atoms with Gasteiger partial charge in [-0.1, -0.05) is 41.9 Å². The molecule has 1 atom stereocenters. The fraction of sp³-hybridized carbons (Fsp3) is 0.158. The summed E-state index contributed by atoms with van der Waals surface area (Å²) in [5, 5.41) is 3.65. The van der Waals surface area contributed by atoms with Crippen molar-refractivity contribution in [2.45, 2.75) is 18.9 Å². The summed E-state index contributed by atoms with van der Waals surface area (Å²) in [4.78, 5) is 15.7. The molecule has 0 aliphatic carbocycles. The molecule has 1 aromatic heterocycles. The van der Waals surface area contributed by atoms with Crippen LogP contribution in [0.5, 0.6) is 0 Å². The molecule has 0 spiro atoms. The summed E-state index contributed by atoms with van der Waals surface area (Å²) in [6, 6.07) is 14.0. The Morgan fingerprint density at radius 3 is 2.83 bits per heavy atom. The summed E-state index contributed by atoms with van der Waals surface area (Å²) in [7, 11) is 0. The average Bonchev–Trinajstić information content (AvgIpc) is 3.11. The number of nitrogens with zero attached hydrogens (tertiary/aromatic N) is 2. The normalized spacial score (nSPS) is 14.8. The number of carbonyl (C=O) groups excluding carboxylic acids is 1. The van der Waals surface area contributed by atoms with Gasteiger partial charge in [-0.2, -0.15) is 0 Å². The van der Waals surface area contributed by atoms with Crippen LogP contribution in [-0.4, -0.2) is 15.5 Å². The molecule has 2 aromatic carbocycles. The quantitative estimate of drug-likeness (QED) is 0.783. The zero-order chi connectivity index (χ0) is 16.5. The summed E-state index contributed by atoms with van der Waals surface area (Å²) in [6.07, 6.45) is 6.79. The van der Waals surface area contributed by atoms with Gasteiger partial charge in [0.25, 0.3) is 0 Å². The fourth-order valence-electron chi connectivity index (χ4n) is 3.20. The topological polar surface area (TPSA) is 46.9 Å². The molecule has 0 saturated carbocycles. The summed E-state index contributed by atoms with van der Waals surface area (Å²) in [5.41, 5.74) is 4.20. The van der Waals surface area contributed by atoms with Crippen molar-refractivity contribution in [1.29, 1.82) is 0 Å². The van der Waals surface area contributed by atoms with Crippen molar-refractivity contribution in [1.82, 2.24) is 9.55 Å². The first-order valence-electron chi connectivity index (χ1n) is 7.87. The van der Waals surface area contributed by atoms with Gasteiger partial charge < -0.3 is 9.88 Å². The van der Waals surface area contributed by atoms with E-state index in [9.17, 15) is 4.79 Å². The molecule has 4 rings (SSSR count). The van der Waals surface area contributed by atoms with Crippen LogP contribution in [0.3, 0.4) is 0 Å². The molecule has 120 valence electrons. The number of benzene rings is 2. The van der Waals surface area contributed by atoms with E-state index < -0.39 is 0 Å². The van der Waals surface area contributed by atoms with Crippen LogP contribution in [0.4, 0.5) is 5.69 Å². The number of rotatable bonds is 3. The molecular formula is C19H16ClN3O. The van der Waals surface area contributed by atoms with Gasteiger partial charge in [-0.05, 0) is 35.2 Å². The highest BCUT2D eigenvalue weighted by atomic mass is 35.5. The van der Waals surface area contributed by atoms with Gasteiger partial charge in [0, 0.05) is 29.5 Å². The first-order valence-corrected chi connectivity index (χ1v) is 8.25. The molecule has 0 radical (unpaired) electrons. The van der Waals surface area contributed by atoms with Crippen LogP contribution in [-0.2, 0) is 11.2 Å². The van der Waals surface area contributed by atoms with E-state index in [4.69, 9.17) is 11.6 Å². The second kappa shape index (κ2) is 6.13. The molecule has 4 nitrogen and oxygen atoms in total. The molecular weight excluding hydrogens is 322 g/mol. The van der Waals surface area contributed by atoms with Crippen molar-refractivity contribution in [3.8, 4) is 0 Å². The van der Waals surface area contributed by atoms with Crippen molar-refractivity contribution in [3.05, 3.63) is 82.9 Å². The highest BCUT2D eigenvalue weighted by Crippen LogP contribution is 2.34. The predicted molar refractivity (Wildman–Crippen MR) is 94.3 cm³/mol. The van der Waals surface area contributed by atoms with Gasteiger partial charge in [-0.3, -0.25) is 4.79 Å². The second-order valence-electron chi connectivity index (χ2n) is 5.90. The Bertz CT molecular complexity index is 889. The molecule has 2 heterocycles. The van der Waals surface area contributed by atoms with Crippen LogP contribution in [0.25, 0.3) is 0 Å². The maximum absolute atomic E-state index is 11.6. The van der Waals surface area contributed by atoms with Gasteiger partial charge in [0.15, 0.2) is 0 Å². The molecule has 0 saturated heterocycles. The fourth-order valence-corrected chi connectivity index (χ4v) is 3.44. The van der Waals surface area contributed by atoms with Crippen molar-refractivity contribution < 1.29 is 4.79 Å². The van der Waals surface area contributed by atoms with E-state index in [-0.39, 0.29) is 11.9 Å². The van der Waals surface area contributed by atoms with Gasteiger partial charge in [0.05, 0.1) is 12.4 Å². The third-order valence-corrected chi connectivity index (χ3v) is 4.71. The Kier molecular flexibility index (Phi) is 3.82. The zero-order valence-corrected chi connectivity index (χ0v) is 13.7. The number of nitrogens with one attached hydrogen (secondary N) is 1. The number of amides is 1. The van der Waals surface area contributed by atoms with Crippen LogP contribution in [0.2, 0.25) is 5.02 Å². The third-order valence-electron chi connectivity index (χ3n) is 4.36. The van der Waals surface area contributed by atoms with Crippen molar-refractivity contribution in [2.24, 2.45) is 0 Å². The lowest BCUT2D eigenvalue weighted by Gasteiger charge is -2.24. The van der Waals surface area contributed by atoms with Gasteiger partial charge in [-0.25, -0.2) is 4.98 Å². The van der Waals surface area contributed by atoms with Gasteiger partial charge in [0.1, 0.15) is 0 Å². The number of hydrogen-bond donors (Lipinski definition) is 1. The average molecular weight is 338 g/mol. The number of halogens is 1. The Morgan fingerprint density at radius 1 is 1.17 bits per heavy atom. The number of carbonyl (C=O) groups is 1. The van der Waals surface area contributed by atoms with Gasteiger partial charge >= 0.3 is 0 Å². The van der Waals surface area contributed by atoms with E-state index in [1.165, 1.54) is 0 Å². The molecule has 1 aliphatic heterocycles. The highest BCUT2D eigenvalue weighted by Gasteiger charge is 2.21. The first-order chi connectivity index (χ1) is 11.7. The van der Waals surface area contributed by atoms with Crippen LogP contribution >= 0.6 is 11.6 Å². The summed E-state index contributed by atoms with van der Waals surface area (Å²) in [6.45, 7) is 0. The Morgan fingerprint density at radius 2 is 2.04 bits per heavy atom. The second-order valence-corrected chi connectivity index (χ2v) is 6.31. The minimum Gasteiger partial charge on any atom is -0.326 e. The third kappa shape index (κ3) is 2.69. The smallest absolute Gasteiger partial charge is 0.224 e. The maximum atomic E-state index is 11.6. The van der Waals surface area contributed by atoms with Crippen molar-refractivity contribution in [2.75, 3.05) is 5.32 Å². The first kappa shape index (κ1) is 15.0. The molecule has 1 aliphatic rings. The molecule has 1 unspecified atom stereocenters. The molecule has 1 N–H and O–H groups in total. The number of hydrogen-bond acceptors (Lipinski definition) is 2. The number of imidazole rings is 1. The van der Waals surface area contributed by atoms with Crippen LogP contribution in [0, 0.1) is 0 Å². The summed E-state index contributed by atoms with van der Waals surface area (Å²) in [5.74, 6) is 0.0764. The largest absolute Gasteiger partial charge is 0.326 e. The summed E-state index contributed by atoms with van der Waals surface area (Å²) >= 11 is 6.46. The van der Waals surface area contributed by atoms with E-state index in [0.29, 0.717) is 6.42 Å². The van der Waals surface area contributed by atoms with E-state index >= 15 is 0 Å². The number of aromatic nitrogens is 2. The predicted octanol–water partition coefficient (Wildman–Crippen LogP) is 4.06. The highest BCUT2D eigenvalue weighted by molar-refractivity contribution is 6.31. The van der Waals surface area contributed by atoms with E-state index in [2.05, 4.69) is 16.4 Å². The van der Waals surface area contributed by atoms with Crippen molar-refractivity contribution in [3.63, 3.8) is 0 Å². The monoisotopic (exact) mass is 337 g/mol. The SMILES string of the molecule is O=C1CCc2cc(C(c3ccccc3Cl)n3ccnc3)ccc2N1. The lowest BCUT2D eigenvalue weighted by Crippen LogP contribution is -2.20. The Hall–Kier alpha value is -2.59. The molecule has 0 fully saturated rings. The van der Waals surface area contributed by atoms with Crippen LogP contribution in [0.15, 0.2) is 61.2 Å². The Labute approximate surface area is 145 Å². The van der Waals surface area contributed by atoms with Crippen LogP contribution in [0.1, 0.15) is 29.2 Å². The minimum absolute atomic E-state index is 0.0517.